The molecule has 0 radical (unpaired) electrons. The van der Waals surface area contributed by atoms with Gasteiger partial charge in [0.25, 0.3) is 0 Å². The van der Waals surface area contributed by atoms with Crippen LogP contribution in [0.3, 0.4) is 0 Å². The Morgan fingerprint density at radius 3 is 2.59 bits per heavy atom. The van der Waals surface area contributed by atoms with Gasteiger partial charge in [-0.3, -0.25) is 4.79 Å². The lowest BCUT2D eigenvalue weighted by Crippen LogP contribution is -2.45. The van der Waals surface area contributed by atoms with Crippen LogP contribution < -0.4 is 0 Å². The summed E-state index contributed by atoms with van der Waals surface area (Å²) in [4.78, 5) is 11.4. The number of benzene rings is 1. The van der Waals surface area contributed by atoms with Crippen LogP contribution in [0.2, 0.25) is 18.1 Å². The number of carbonyl (C=O) groups excluding carboxylic acids is 1. The smallest absolute Gasteiger partial charge is 0.302 e. The minimum atomic E-state index is -1.90. The summed E-state index contributed by atoms with van der Waals surface area (Å²) in [6.07, 6.45) is 2.30. The minimum absolute atomic E-state index is 0.0223. The maximum absolute atomic E-state index is 14.3. The number of rotatable bonds is 11. The SMILES string of the molecule is CC(=O)OC[C@H]1[C@@H]([C@H](O)c2cc(F)ccc2CCCO[Si](C)(C)C(C)(C)C(C)C)[C@H]2CC[C@H]1O2. The molecule has 0 spiro atoms. The molecule has 0 amide bonds. The average molecular weight is 495 g/mol. The second-order valence-corrected chi connectivity index (χ2v) is 16.1. The Kier molecular flexibility index (Phi) is 8.65. The summed E-state index contributed by atoms with van der Waals surface area (Å²) in [5, 5.41) is 11.6. The molecule has 3 rings (SSSR count). The summed E-state index contributed by atoms with van der Waals surface area (Å²) < 4.78 is 32.1. The van der Waals surface area contributed by atoms with Crippen molar-refractivity contribution >= 4 is 14.3 Å². The minimum Gasteiger partial charge on any atom is -0.465 e. The second-order valence-electron chi connectivity index (χ2n) is 11.5. The molecule has 2 bridgehead atoms. The Morgan fingerprint density at radius 2 is 1.94 bits per heavy atom. The van der Waals surface area contributed by atoms with Gasteiger partial charge in [0.05, 0.1) is 24.9 Å². The zero-order valence-electron chi connectivity index (χ0n) is 21.9. The van der Waals surface area contributed by atoms with Crippen LogP contribution in [0, 0.1) is 23.6 Å². The molecular formula is C27H43FO5Si. The van der Waals surface area contributed by atoms with Gasteiger partial charge in [-0.25, -0.2) is 4.39 Å². The number of esters is 1. The number of aliphatic hydroxyl groups excluding tert-OH is 1. The van der Waals surface area contributed by atoms with Crippen LogP contribution in [0.5, 0.6) is 0 Å². The number of fused-ring (bicyclic) bond motifs is 2. The molecule has 7 heteroatoms. The van der Waals surface area contributed by atoms with E-state index in [2.05, 4.69) is 40.8 Å². The summed E-state index contributed by atoms with van der Waals surface area (Å²) in [7, 11) is -1.90. The van der Waals surface area contributed by atoms with Gasteiger partial charge in [0.15, 0.2) is 8.32 Å². The number of hydrogen-bond donors (Lipinski definition) is 1. The molecule has 1 N–H and O–H groups in total. The lowest BCUT2D eigenvalue weighted by Gasteiger charge is -2.42. The highest BCUT2D eigenvalue weighted by atomic mass is 28.4. The van der Waals surface area contributed by atoms with Crippen LogP contribution in [0.1, 0.15) is 71.1 Å². The van der Waals surface area contributed by atoms with E-state index in [1.807, 2.05) is 0 Å². The topological polar surface area (TPSA) is 65.0 Å². The lowest BCUT2D eigenvalue weighted by molar-refractivity contribution is -0.143. The fraction of sp³-hybridized carbons (Fsp3) is 0.741. The molecule has 5 nitrogen and oxygen atoms in total. The van der Waals surface area contributed by atoms with Crippen molar-refractivity contribution < 1.29 is 28.2 Å². The van der Waals surface area contributed by atoms with Gasteiger partial charge in [-0.1, -0.05) is 33.8 Å². The Labute approximate surface area is 205 Å². The molecule has 2 heterocycles. The van der Waals surface area contributed by atoms with E-state index in [0.29, 0.717) is 24.5 Å². The molecule has 0 aromatic heterocycles. The average Bonchev–Trinajstić information content (AvgIpc) is 3.36. The summed E-state index contributed by atoms with van der Waals surface area (Å²) in [6.45, 7) is 15.9. The molecule has 2 aliphatic rings. The first-order valence-electron chi connectivity index (χ1n) is 12.7. The highest BCUT2D eigenvalue weighted by molar-refractivity contribution is 6.74. The third-order valence-electron chi connectivity index (χ3n) is 8.81. The Bertz CT molecular complexity index is 855. The lowest BCUT2D eigenvalue weighted by atomic mass is 9.74. The van der Waals surface area contributed by atoms with E-state index >= 15 is 0 Å². The van der Waals surface area contributed by atoms with E-state index in [4.69, 9.17) is 13.9 Å². The predicted octanol–water partition coefficient (Wildman–Crippen LogP) is 5.81. The van der Waals surface area contributed by atoms with E-state index in [1.165, 1.54) is 19.1 Å². The summed E-state index contributed by atoms with van der Waals surface area (Å²) >= 11 is 0. The van der Waals surface area contributed by atoms with Gasteiger partial charge < -0.3 is 19.0 Å². The van der Waals surface area contributed by atoms with Crippen molar-refractivity contribution in [3.05, 3.63) is 35.1 Å². The zero-order valence-corrected chi connectivity index (χ0v) is 22.9. The third kappa shape index (κ3) is 5.74. The monoisotopic (exact) mass is 494 g/mol. The van der Waals surface area contributed by atoms with Gasteiger partial charge in [0, 0.05) is 25.4 Å². The molecule has 1 aromatic carbocycles. The molecule has 192 valence electrons. The number of aryl methyl sites for hydroxylation is 1. The van der Waals surface area contributed by atoms with Crippen molar-refractivity contribution in [2.24, 2.45) is 17.8 Å². The zero-order chi connectivity index (χ0) is 25.3. The van der Waals surface area contributed by atoms with Gasteiger partial charge in [0.1, 0.15) is 5.82 Å². The van der Waals surface area contributed by atoms with Gasteiger partial charge in [-0.05, 0) is 73.0 Å². The van der Waals surface area contributed by atoms with Gasteiger partial charge in [-0.2, -0.15) is 0 Å². The van der Waals surface area contributed by atoms with Crippen LogP contribution in [0.4, 0.5) is 4.39 Å². The Hall–Kier alpha value is -1.28. The molecule has 0 saturated carbocycles. The van der Waals surface area contributed by atoms with Crippen LogP contribution in [0.15, 0.2) is 18.2 Å². The van der Waals surface area contributed by atoms with Gasteiger partial charge in [-0.15, -0.1) is 0 Å². The fourth-order valence-corrected chi connectivity index (χ4v) is 7.84. The van der Waals surface area contributed by atoms with Crippen LogP contribution in [0.25, 0.3) is 0 Å². The standard InChI is InChI=1S/C27H43FO5Si/c1-17(2)27(4,5)34(6,7)32-14-8-9-19-10-11-20(28)15-21(19)26(30)25-22(16-31-18(3)29)23-12-13-24(25)33-23/h10-11,15,17,22-26,30H,8-9,12-14,16H2,1-7H3/t22-,23-,24-,25-,26-/m1/s1. The predicted molar refractivity (Wildman–Crippen MR) is 134 cm³/mol. The first-order chi connectivity index (χ1) is 15.8. The van der Waals surface area contributed by atoms with Crippen LogP contribution >= 0.6 is 0 Å². The fourth-order valence-electron chi connectivity index (χ4n) is 5.43. The van der Waals surface area contributed by atoms with Crippen molar-refractivity contribution in [2.75, 3.05) is 13.2 Å². The molecule has 0 unspecified atom stereocenters. The first-order valence-corrected chi connectivity index (χ1v) is 15.6. The number of halogens is 1. The highest BCUT2D eigenvalue weighted by Crippen LogP contribution is 2.49. The van der Waals surface area contributed by atoms with Crippen molar-refractivity contribution in [1.29, 1.82) is 0 Å². The number of ether oxygens (including phenoxy) is 2. The van der Waals surface area contributed by atoms with Crippen molar-refractivity contribution in [2.45, 2.75) is 96.7 Å². The molecular weight excluding hydrogens is 451 g/mol. The van der Waals surface area contributed by atoms with Crippen molar-refractivity contribution in [3.63, 3.8) is 0 Å². The molecule has 0 aliphatic carbocycles. The Balaban J connectivity index is 1.69. The molecule has 1 aromatic rings. The van der Waals surface area contributed by atoms with E-state index in [9.17, 15) is 14.3 Å². The summed E-state index contributed by atoms with van der Waals surface area (Å²) in [5.74, 6) is -0.455. The largest absolute Gasteiger partial charge is 0.465 e. The number of hydrogen-bond acceptors (Lipinski definition) is 5. The van der Waals surface area contributed by atoms with Crippen LogP contribution in [-0.4, -0.2) is 44.8 Å². The molecule has 5 atom stereocenters. The molecule has 2 fully saturated rings. The number of aliphatic hydroxyl groups is 1. The van der Waals surface area contributed by atoms with E-state index in [1.54, 1.807) is 6.07 Å². The van der Waals surface area contributed by atoms with Crippen LogP contribution in [-0.2, 0) is 25.1 Å². The molecule has 34 heavy (non-hydrogen) atoms. The quantitative estimate of drug-likeness (QED) is 0.239. The van der Waals surface area contributed by atoms with E-state index in [0.717, 1.165) is 24.8 Å². The Morgan fingerprint density at radius 1 is 1.26 bits per heavy atom. The third-order valence-corrected chi connectivity index (χ3v) is 13.4. The van der Waals surface area contributed by atoms with Gasteiger partial charge >= 0.3 is 5.97 Å². The van der Waals surface area contributed by atoms with Crippen molar-refractivity contribution in [1.82, 2.24) is 0 Å². The van der Waals surface area contributed by atoms with E-state index in [-0.39, 0.29) is 47.5 Å². The highest BCUT2D eigenvalue weighted by Gasteiger charge is 2.52. The molecule has 2 aliphatic heterocycles. The van der Waals surface area contributed by atoms with E-state index < -0.39 is 14.4 Å². The normalized spacial score (nSPS) is 25.7. The summed E-state index contributed by atoms with van der Waals surface area (Å²) in [6, 6.07) is 4.70. The van der Waals surface area contributed by atoms with Crippen molar-refractivity contribution in [3.8, 4) is 0 Å². The maximum Gasteiger partial charge on any atom is 0.302 e. The first kappa shape index (κ1) is 27.3. The molecule has 2 saturated heterocycles. The summed E-state index contributed by atoms with van der Waals surface area (Å²) in [5.41, 5.74) is 1.56. The second kappa shape index (κ2) is 10.8. The maximum atomic E-state index is 14.3. The number of carbonyl (C=O) groups is 1. The van der Waals surface area contributed by atoms with Gasteiger partial charge in [0.2, 0.25) is 0 Å².